The Morgan fingerprint density at radius 3 is 2.38 bits per heavy atom. The molecule has 2 heterocycles. The number of aliphatic hydroxyl groups excluding tert-OH is 1. The minimum Gasteiger partial charge on any atom is -0.507 e. The predicted molar refractivity (Wildman–Crippen MR) is 117 cm³/mol. The molecule has 2 saturated heterocycles. The quantitative estimate of drug-likeness (QED) is 0.319. The van der Waals surface area contributed by atoms with E-state index in [-0.39, 0.29) is 24.0 Å². The van der Waals surface area contributed by atoms with Gasteiger partial charge in [-0.25, -0.2) is 4.79 Å². The second-order valence-corrected chi connectivity index (χ2v) is 8.14. The van der Waals surface area contributed by atoms with Crippen molar-refractivity contribution in [1.29, 1.82) is 0 Å². The molecule has 7 nitrogen and oxygen atoms in total. The van der Waals surface area contributed by atoms with Crippen LogP contribution >= 0.6 is 11.6 Å². The number of rotatable bonds is 5. The van der Waals surface area contributed by atoms with Crippen molar-refractivity contribution in [3.63, 3.8) is 0 Å². The molecule has 0 radical (unpaired) electrons. The molecule has 2 aromatic carbocycles. The van der Waals surface area contributed by atoms with Crippen molar-refractivity contribution in [2.75, 3.05) is 20.3 Å². The average molecular weight is 456 g/mol. The summed E-state index contributed by atoms with van der Waals surface area (Å²) in [6, 6.07) is 12.0. The van der Waals surface area contributed by atoms with Gasteiger partial charge in [-0.05, 0) is 54.8 Å². The maximum atomic E-state index is 13.0. The van der Waals surface area contributed by atoms with Crippen LogP contribution in [0.15, 0.2) is 54.1 Å². The highest BCUT2D eigenvalue weighted by atomic mass is 35.5. The molecule has 0 unspecified atom stereocenters. The number of amides is 1. The van der Waals surface area contributed by atoms with Crippen LogP contribution in [-0.2, 0) is 19.1 Å². The molecule has 8 heteroatoms. The zero-order valence-corrected chi connectivity index (χ0v) is 18.2. The second kappa shape index (κ2) is 9.14. The minimum atomic E-state index is -0.818. The van der Waals surface area contributed by atoms with Gasteiger partial charge in [-0.3, -0.25) is 9.59 Å². The molecule has 0 bridgehead atoms. The Bertz CT molecular complexity index is 1070. The van der Waals surface area contributed by atoms with Gasteiger partial charge in [0.05, 0.1) is 30.4 Å². The fourth-order valence-electron chi connectivity index (χ4n) is 4.11. The van der Waals surface area contributed by atoms with Crippen molar-refractivity contribution >= 4 is 35.0 Å². The number of aliphatic hydroxyl groups is 1. The molecule has 2 atom stereocenters. The third-order valence-electron chi connectivity index (χ3n) is 5.73. The summed E-state index contributed by atoms with van der Waals surface area (Å²) in [6.45, 7) is 0.837. The summed E-state index contributed by atoms with van der Waals surface area (Å²) in [5, 5.41) is 11.5. The minimum absolute atomic E-state index is 0.0128. The fraction of sp³-hybridized carbons (Fsp3) is 0.292. The Balaban J connectivity index is 1.80. The first-order valence-electron chi connectivity index (χ1n) is 10.2. The monoisotopic (exact) mass is 455 g/mol. The Hall–Kier alpha value is -3.16. The standard InChI is InChI=1S/C24H22ClNO6/c1-31-24(30)16-6-4-14(5-7-16)20-19(21(27)15-8-10-17(25)11-9-15)22(28)23(29)26(20)13-18-3-2-12-32-18/h4-11,18,20,27H,2-3,12-13H2,1H3/b21-19+/t18-,20+/m0/s1. The van der Waals surface area contributed by atoms with E-state index in [0.717, 1.165) is 12.8 Å². The number of benzene rings is 2. The lowest BCUT2D eigenvalue weighted by molar-refractivity contribution is -0.140. The van der Waals surface area contributed by atoms with Crippen molar-refractivity contribution in [3.05, 3.63) is 75.8 Å². The Morgan fingerprint density at radius 2 is 1.78 bits per heavy atom. The molecular formula is C24H22ClNO6. The first-order chi connectivity index (χ1) is 15.4. The molecule has 32 heavy (non-hydrogen) atoms. The third-order valence-corrected chi connectivity index (χ3v) is 5.98. The van der Waals surface area contributed by atoms with Crippen LogP contribution in [0, 0.1) is 0 Å². The van der Waals surface area contributed by atoms with E-state index in [1.165, 1.54) is 12.0 Å². The van der Waals surface area contributed by atoms with E-state index >= 15 is 0 Å². The van der Waals surface area contributed by atoms with E-state index in [0.29, 0.717) is 28.3 Å². The lowest BCUT2D eigenvalue weighted by Gasteiger charge is -2.27. The first kappa shape index (κ1) is 22.0. The van der Waals surface area contributed by atoms with Crippen LogP contribution < -0.4 is 0 Å². The molecule has 2 fully saturated rings. The van der Waals surface area contributed by atoms with Gasteiger partial charge >= 0.3 is 5.97 Å². The summed E-state index contributed by atoms with van der Waals surface area (Å²) >= 11 is 5.94. The number of nitrogens with zero attached hydrogens (tertiary/aromatic N) is 1. The molecule has 0 aliphatic carbocycles. The largest absolute Gasteiger partial charge is 0.507 e. The van der Waals surface area contributed by atoms with Crippen LogP contribution in [0.3, 0.4) is 0 Å². The number of carbonyl (C=O) groups is 3. The molecule has 1 amide bonds. The zero-order chi connectivity index (χ0) is 22.8. The SMILES string of the molecule is COC(=O)c1ccc([C@@H]2/C(=C(\O)c3ccc(Cl)cc3)C(=O)C(=O)N2C[C@@H]2CCCO2)cc1. The number of hydrogen-bond donors (Lipinski definition) is 1. The van der Waals surface area contributed by atoms with Crippen LogP contribution in [0.5, 0.6) is 0 Å². The fourth-order valence-corrected chi connectivity index (χ4v) is 4.23. The van der Waals surface area contributed by atoms with Crippen LogP contribution in [-0.4, -0.2) is 54.0 Å². The van der Waals surface area contributed by atoms with E-state index < -0.39 is 23.7 Å². The smallest absolute Gasteiger partial charge is 0.337 e. The van der Waals surface area contributed by atoms with Crippen molar-refractivity contribution in [1.82, 2.24) is 4.90 Å². The average Bonchev–Trinajstić information content (AvgIpc) is 3.41. The van der Waals surface area contributed by atoms with Crippen LogP contribution in [0.2, 0.25) is 5.02 Å². The number of halogens is 1. The van der Waals surface area contributed by atoms with Gasteiger partial charge in [0.1, 0.15) is 5.76 Å². The van der Waals surface area contributed by atoms with E-state index in [9.17, 15) is 19.5 Å². The van der Waals surface area contributed by atoms with E-state index in [2.05, 4.69) is 0 Å². The number of carbonyl (C=O) groups excluding carboxylic acids is 3. The summed E-state index contributed by atoms with van der Waals surface area (Å²) in [4.78, 5) is 39.3. The summed E-state index contributed by atoms with van der Waals surface area (Å²) in [7, 11) is 1.29. The molecule has 1 N–H and O–H groups in total. The highest BCUT2D eigenvalue weighted by Crippen LogP contribution is 2.40. The summed E-state index contributed by atoms with van der Waals surface area (Å²) in [5.41, 5.74) is 1.29. The maximum absolute atomic E-state index is 13.0. The highest BCUT2D eigenvalue weighted by molar-refractivity contribution is 6.46. The maximum Gasteiger partial charge on any atom is 0.337 e. The van der Waals surface area contributed by atoms with Crippen molar-refractivity contribution < 1.29 is 29.0 Å². The van der Waals surface area contributed by atoms with Gasteiger partial charge in [-0.2, -0.15) is 0 Å². The topological polar surface area (TPSA) is 93.1 Å². The second-order valence-electron chi connectivity index (χ2n) is 7.71. The predicted octanol–water partition coefficient (Wildman–Crippen LogP) is 3.73. The lowest BCUT2D eigenvalue weighted by Crippen LogP contribution is -2.36. The van der Waals surface area contributed by atoms with Gasteiger partial charge in [0.15, 0.2) is 0 Å². The van der Waals surface area contributed by atoms with Gasteiger partial charge in [0.25, 0.3) is 11.7 Å². The van der Waals surface area contributed by atoms with Crippen molar-refractivity contribution in [2.24, 2.45) is 0 Å². The number of hydrogen-bond acceptors (Lipinski definition) is 6. The van der Waals surface area contributed by atoms with Crippen molar-refractivity contribution in [2.45, 2.75) is 25.0 Å². The molecule has 166 valence electrons. The first-order valence-corrected chi connectivity index (χ1v) is 10.6. The third kappa shape index (κ3) is 4.13. The van der Waals surface area contributed by atoms with Crippen LogP contribution in [0.25, 0.3) is 5.76 Å². The summed E-state index contributed by atoms with van der Waals surface area (Å²) in [5.74, 6) is -2.24. The van der Waals surface area contributed by atoms with Gasteiger partial charge in [0.2, 0.25) is 0 Å². The van der Waals surface area contributed by atoms with Gasteiger partial charge < -0.3 is 19.5 Å². The lowest BCUT2D eigenvalue weighted by atomic mass is 9.94. The molecule has 2 aliphatic heterocycles. The summed E-state index contributed by atoms with van der Waals surface area (Å²) < 4.78 is 10.4. The van der Waals surface area contributed by atoms with E-state index in [1.807, 2.05) is 0 Å². The zero-order valence-electron chi connectivity index (χ0n) is 17.4. The van der Waals surface area contributed by atoms with E-state index in [1.54, 1.807) is 48.5 Å². The normalized spacial score (nSPS) is 22.4. The van der Waals surface area contributed by atoms with Gasteiger partial charge in [-0.15, -0.1) is 0 Å². The molecule has 0 aromatic heterocycles. The molecular weight excluding hydrogens is 434 g/mol. The Kier molecular flexibility index (Phi) is 6.30. The van der Waals surface area contributed by atoms with Crippen LogP contribution in [0.1, 0.15) is 40.4 Å². The number of esters is 1. The highest BCUT2D eigenvalue weighted by Gasteiger charge is 2.47. The van der Waals surface area contributed by atoms with E-state index in [4.69, 9.17) is 21.1 Å². The van der Waals surface area contributed by atoms with Crippen LogP contribution in [0.4, 0.5) is 0 Å². The molecule has 2 aliphatic rings. The number of ketones is 1. The van der Waals surface area contributed by atoms with Crippen molar-refractivity contribution in [3.8, 4) is 0 Å². The Labute approximate surface area is 190 Å². The molecule has 0 saturated carbocycles. The summed E-state index contributed by atoms with van der Waals surface area (Å²) in [6.07, 6.45) is 1.49. The number of Topliss-reactive ketones (excluding diaryl/α,β-unsaturated/α-hetero) is 1. The number of methoxy groups -OCH3 is 1. The molecule has 4 rings (SSSR count). The Morgan fingerprint density at radius 1 is 1.12 bits per heavy atom. The number of ether oxygens (including phenoxy) is 2. The van der Waals surface area contributed by atoms with Gasteiger partial charge in [-0.1, -0.05) is 23.7 Å². The number of likely N-dealkylation sites (tertiary alicyclic amines) is 1. The van der Waals surface area contributed by atoms with Gasteiger partial charge in [0, 0.05) is 23.7 Å². The molecule has 2 aromatic rings. The molecule has 0 spiro atoms.